The Morgan fingerprint density at radius 1 is 1.32 bits per heavy atom. The Kier molecular flexibility index (Phi) is 3.13. The molecule has 6 heteroatoms. The van der Waals surface area contributed by atoms with Gasteiger partial charge in [-0.1, -0.05) is 19.1 Å². The molecule has 0 bridgehead atoms. The second-order valence-electron chi connectivity index (χ2n) is 6.62. The maximum Gasteiger partial charge on any atom is 0.508 e. The lowest BCUT2D eigenvalue weighted by molar-refractivity contribution is -0.165. The van der Waals surface area contributed by atoms with Crippen molar-refractivity contribution in [2.24, 2.45) is 10.8 Å². The van der Waals surface area contributed by atoms with E-state index in [0.29, 0.717) is 12.8 Å². The van der Waals surface area contributed by atoms with Gasteiger partial charge in [0.25, 0.3) is 0 Å². The smallest absolute Gasteiger partial charge is 0.457 e. The van der Waals surface area contributed by atoms with Gasteiger partial charge in [-0.3, -0.25) is 9.59 Å². The normalized spacial score (nSPS) is 39.5. The van der Waals surface area contributed by atoms with Crippen molar-refractivity contribution in [1.29, 1.82) is 0 Å². The molecule has 3 rings (SSSR count). The van der Waals surface area contributed by atoms with Gasteiger partial charge >= 0.3 is 12.1 Å². The van der Waals surface area contributed by atoms with Gasteiger partial charge in [0.15, 0.2) is 0 Å². The van der Waals surface area contributed by atoms with Crippen LogP contribution in [0.4, 0.5) is 4.79 Å². The first-order chi connectivity index (χ1) is 10.3. The number of ketones is 1. The fourth-order valence-corrected chi connectivity index (χ4v) is 4.55. The summed E-state index contributed by atoms with van der Waals surface area (Å²) in [5, 5.41) is 0. The third-order valence-electron chi connectivity index (χ3n) is 5.54. The first-order valence-corrected chi connectivity index (χ1v) is 7.54. The second-order valence-corrected chi connectivity index (χ2v) is 6.62. The van der Waals surface area contributed by atoms with Gasteiger partial charge in [0.05, 0.1) is 18.4 Å². The number of esters is 1. The van der Waals surface area contributed by atoms with E-state index >= 15 is 0 Å². The Labute approximate surface area is 128 Å². The SMILES string of the molecule is C=C1CCC23OC(=O)CC12C(=O)C[C@@]3(C)COC(=O)OCC. The molecule has 1 aliphatic heterocycles. The highest BCUT2D eigenvalue weighted by Crippen LogP contribution is 2.70. The lowest BCUT2D eigenvalue weighted by Crippen LogP contribution is -2.51. The standard InChI is InChI=1S/C16H20O6/c1-4-20-13(19)21-9-14(3)7-11(17)15-8-12(18)22-16(14,15)6-5-10(15)2/h2,4-9H2,1,3H3/t14-,15?,16?/m0/s1. The van der Waals surface area contributed by atoms with E-state index in [4.69, 9.17) is 14.2 Å². The van der Waals surface area contributed by atoms with Crippen LogP contribution in [0.25, 0.3) is 0 Å². The summed E-state index contributed by atoms with van der Waals surface area (Å²) in [6.45, 7) is 7.74. The van der Waals surface area contributed by atoms with E-state index in [1.807, 2.05) is 6.92 Å². The first kappa shape index (κ1) is 15.1. The predicted octanol–water partition coefficient (Wildman–Crippen LogP) is 2.16. The van der Waals surface area contributed by atoms with Crippen LogP contribution in [0, 0.1) is 10.8 Å². The Hall–Kier alpha value is -1.85. The van der Waals surface area contributed by atoms with Gasteiger partial charge < -0.3 is 14.2 Å². The van der Waals surface area contributed by atoms with Crippen LogP contribution in [0.2, 0.25) is 0 Å². The summed E-state index contributed by atoms with van der Waals surface area (Å²) in [7, 11) is 0. The monoisotopic (exact) mass is 308 g/mol. The average molecular weight is 308 g/mol. The summed E-state index contributed by atoms with van der Waals surface area (Å²) in [4.78, 5) is 36.1. The summed E-state index contributed by atoms with van der Waals surface area (Å²) >= 11 is 0. The molecule has 120 valence electrons. The summed E-state index contributed by atoms with van der Waals surface area (Å²) in [5.74, 6) is -0.410. The molecule has 3 atom stereocenters. The Bertz CT molecular complexity index is 581. The molecule has 6 nitrogen and oxygen atoms in total. The zero-order valence-corrected chi connectivity index (χ0v) is 12.9. The highest BCUT2D eigenvalue weighted by molar-refractivity contribution is 6.00. The van der Waals surface area contributed by atoms with Gasteiger partial charge in [-0.15, -0.1) is 0 Å². The minimum Gasteiger partial charge on any atom is -0.457 e. The molecule has 1 heterocycles. The van der Waals surface area contributed by atoms with Crippen molar-refractivity contribution in [3.05, 3.63) is 12.2 Å². The zero-order chi connectivity index (χ0) is 16.2. The number of ether oxygens (including phenoxy) is 3. The average Bonchev–Trinajstić information content (AvgIpc) is 2.96. The Morgan fingerprint density at radius 2 is 2.05 bits per heavy atom. The van der Waals surface area contributed by atoms with Crippen LogP contribution in [-0.2, 0) is 23.8 Å². The van der Waals surface area contributed by atoms with Crippen molar-refractivity contribution >= 4 is 17.9 Å². The molecule has 0 radical (unpaired) electrons. The van der Waals surface area contributed by atoms with Crippen LogP contribution < -0.4 is 0 Å². The van der Waals surface area contributed by atoms with Crippen molar-refractivity contribution in [2.45, 2.75) is 45.1 Å². The molecule has 2 saturated carbocycles. The third kappa shape index (κ3) is 1.58. The molecule has 0 aromatic carbocycles. The molecular formula is C16H20O6. The Balaban J connectivity index is 1.94. The number of carbonyl (C=O) groups is 3. The molecule has 22 heavy (non-hydrogen) atoms. The molecule has 3 aliphatic rings. The van der Waals surface area contributed by atoms with Crippen LogP contribution in [-0.4, -0.2) is 36.7 Å². The van der Waals surface area contributed by atoms with E-state index in [-0.39, 0.29) is 37.8 Å². The predicted molar refractivity (Wildman–Crippen MR) is 75.0 cm³/mol. The molecule has 3 fully saturated rings. The van der Waals surface area contributed by atoms with E-state index in [1.165, 1.54) is 0 Å². The quantitative estimate of drug-likeness (QED) is 0.587. The van der Waals surface area contributed by atoms with Crippen molar-refractivity contribution in [1.82, 2.24) is 0 Å². The van der Waals surface area contributed by atoms with E-state index in [0.717, 1.165) is 5.57 Å². The van der Waals surface area contributed by atoms with Crippen LogP contribution in [0.5, 0.6) is 0 Å². The summed E-state index contributed by atoms with van der Waals surface area (Å²) in [6.07, 6.45) is 0.685. The van der Waals surface area contributed by atoms with Crippen molar-refractivity contribution in [3.63, 3.8) is 0 Å². The fourth-order valence-electron chi connectivity index (χ4n) is 4.55. The largest absolute Gasteiger partial charge is 0.508 e. The minimum atomic E-state index is -0.934. The second kappa shape index (κ2) is 4.57. The molecule has 0 spiro atoms. The highest BCUT2D eigenvalue weighted by atomic mass is 16.7. The van der Waals surface area contributed by atoms with Gasteiger partial charge in [0, 0.05) is 6.42 Å². The molecule has 0 aromatic rings. The third-order valence-corrected chi connectivity index (χ3v) is 5.54. The van der Waals surface area contributed by atoms with Gasteiger partial charge in [-0.25, -0.2) is 4.79 Å². The van der Waals surface area contributed by atoms with Crippen LogP contribution in [0.3, 0.4) is 0 Å². The number of rotatable bonds is 3. The highest BCUT2D eigenvalue weighted by Gasteiger charge is 2.79. The maximum absolute atomic E-state index is 12.7. The van der Waals surface area contributed by atoms with E-state index in [9.17, 15) is 14.4 Å². The number of hydrogen-bond donors (Lipinski definition) is 0. The van der Waals surface area contributed by atoms with Crippen molar-refractivity contribution in [2.75, 3.05) is 13.2 Å². The molecule has 1 saturated heterocycles. The van der Waals surface area contributed by atoms with Gasteiger partial charge in [0.2, 0.25) is 0 Å². The molecule has 0 amide bonds. The molecule has 2 aliphatic carbocycles. The lowest BCUT2D eigenvalue weighted by Gasteiger charge is -2.41. The van der Waals surface area contributed by atoms with E-state index in [2.05, 4.69) is 6.58 Å². The fraction of sp³-hybridized carbons (Fsp3) is 0.688. The van der Waals surface area contributed by atoms with Gasteiger partial charge in [-0.05, 0) is 19.8 Å². The van der Waals surface area contributed by atoms with Crippen LogP contribution in [0.1, 0.15) is 39.5 Å². The molecule has 0 aromatic heterocycles. The summed E-state index contributed by atoms with van der Waals surface area (Å²) < 4.78 is 15.6. The van der Waals surface area contributed by atoms with Gasteiger partial charge in [-0.2, -0.15) is 0 Å². The summed E-state index contributed by atoms with van der Waals surface area (Å²) in [6, 6.07) is 0. The number of Topliss-reactive ketones (excluding diaryl/α,β-unsaturated/α-hetero) is 1. The number of carbonyl (C=O) groups excluding carboxylic acids is 3. The minimum absolute atomic E-state index is 0.0140. The Morgan fingerprint density at radius 3 is 2.73 bits per heavy atom. The molecular weight excluding hydrogens is 288 g/mol. The van der Waals surface area contributed by atoms with Gasteiger partial charge in [0.1, 0.15) is 23.4 Å². The topological polar surface area (TPSA) is 78.9 Å². The van der Waals surface area contributed by atoms with Crippen molar-refractivity contribution in [3.8, 4) is 0 Å². The maximum atomic E-state index is 12.7. The van der Waals surface area contributed by atoms with Crippen LogP contribution in [0.15, 0.2) is 12.2 Å². The number of hydrogen-bond acceptors (Lipinski definition) is 6. The van der Waals surface area contributed by atoms with E-state index in [1.54, 1.807) is 6.92 Å². The van der Waals surface area contributed by atoms with Crippen LogP contribution >= 0.6 is 0 Å². The first-order valence-electron chi connectivity index (χ1n) is 7.54. The van der Waals surface area contributed by atoms with E-state index < -0.39 is 22.6 Å². The zero-order valence-electron chi connectivity index (χ0n) is 12.9. The van der Waals surface area contributed by atoms with Crippen molar-refractivity contribution < 1.29 is 28.6 Å². The lowest BCUT2D eigenvalue weighted by atomic mass is 9.66. The molecule has 0 N–H and O–H groups in total. The summed E-state index contributed by atoms with van der Waals surface area (Å²) in [5.41, 5.74) is -1.85. The molecule has 2 unspecified atom stereocenters.